The van der Waals surface area contributed by atoms with Crippen molar-refractivity contribution in [3.63, 3.8) is 0 Å². The van der Waals surface area contributed by atoms with Gasteiger partial charge >= 0.3 is 0 Å². The van der Waals surface area contributed by atoms with Crippen molar-refractivity contribution in [3.8, 4) is 0 Å². The first-order valence-electron chi connectivity index (χ1n) is 8.24. The number of nitrogens with zero attached hydrogens (tertiary/aromatic N) is 3. The van der Waals surface area contributed by atoms with E-state index in [9.17, 15) is 18.0 Å². The average Bonchev–Trinajstić information content (AvgIpc) is 2.67. The van der Waals surface area contributed by atoms with Crippen LogP contribution in [0.5, 0.6) is 0 Å². The van der Waals surface area contributed by atoms with Gasteiger partial charge in [0.2, 0.25) is 16.4 Å². The molecule has 0 saturated carbocycles. The Labute approximate surface area is 154 Å². The zero-order valence-corrected chi connectivity index (χ0v) is 15.4. The molecule has 1 aromatic rings. The molecule has 1 aliphatic heterocycles. The molecule has 1 heterocycles. The van der Waals surface area contributed by atoms with E-state index >= 15 is 0 Å². The number of piperazine rings is 1. The molecule has 7 nitrogen and oxygen atoms in total. The Morgan fingerprint density at radius 1 is 1.04 bits per heavy atom. The van der Waals surface area contributed by atoms with Gasteiger partial charge in [-0.1, -0.05) is 12.2 Å². The van der Waals surface area contributed by atoms with Gasteiger partial charge in [-0.25, -0.2) is 8.42 Å². The Morgan fingerprint density at radius 2 is 1.58 bits per heavy atom. The van der Waals surface area contributed by atoms with Crippen LogP contribution in [-0.2, 0) is 14.8 Å². The van der Waals surface area contributed by atoms with Crippen molar-refractivity contribution in [3.05, 3.63) is 55.1 Å². The highest BCUT2D eigenvalue weighted by atomic mass is 32.2. The summed E-state index contributed by atoms with van der Waals surface area (Å²) in [4.78, 5) is 26.5. The SMILES string of the molecule is C=CCN(CC=C)C(=O)c1ccc(S(=O)(=O)N2CCN(C=O)CC2)cc1. The van der Waals surface area contributed by atoms with Gasteiger partial charge in [0.1, 0.15) is 0 Å². The maximum Gasteiger partial charge on any atom is 0.254 e. The lowest BCUT2D eigenvalue weighted by Crippen LogP contribution is -2.47. The first kappa shape index (κ1) is 19.9. The number of carbonyl (C=O) groups excluding carboxylic acids is 2. The fraction of sp³-hybridized carbons (Fsp3) is 0.333. The van der Waals surface area contributed by atoms with Crippen LogP contribution in [0.3, 0.4) is 0 Å². The summed E-state index contributed by atoms with van der Waals surface area (Å²) in [7, 11) is -3.64. The zero-order chi connectivity index (χ0) is 19.2. The van der Waals surface area contributed by atoms with E-state index in [1.165, 1.54) is 28.6 Å². The summed E-state index contributed by atoms with van der Waals surface area (Å²) in [5, 5.41) is 0. The Balaban J connectivity index is 2.15. The van der Waals surface area contributed by atoms with Crippen molar-refractivity contribution in [2.45, 2.75) is 4.90 Å². The number of rotatable bonds is 8. The zero-order valence-electron chi connectivity index (χ0n) is 14.6. The molecule has 0 bridgehead atoms. The first-order valence-corrected chi connectivity index (χ1v) is 9.68. The van der Waals surface area contributed by atoms with E-state index in [1.54, 1.807) is 22.0 Å². The minimum atomic E-state index is -3.64. The summed E-state index contributed by atoms with van der Waals surface area (Å²) in [5.74, 6) is -0.214. The van der Waals surface area contributed by atoms with E-state index < -0.39 is 10.0 Å². The topological polar surface area (TPSA) is 78.0 Å². The Morgan fingerprint density at radius 3 is 2.04 bits per heavy atom. The molecule has 0 aliphatic carbocycles. The third kappa shape index (κ3) is 4.39. The number of hydrogen-bond donors (Lipinski definition) is 0. The molecular weight excluding hydrogens is 354 g/mol. The van der Waals surface area contributed by atoms with E-state index in [0.29, 0.717) is 31.7 Å². The van der Waals surface area contributed by atoms with Gasteiger partial charge in [0, 0.05) is 44.8 Å². The predicted molar refractivity (Wildman–Crippen MR) is 99.1 cm³/mol. The second-order valence-electron chi connectivity index (χ2n) is 5.86. The van der Waals surface area contributed by atoms with Crippen LogP contribution in [0.1, 0.15) is 10.4 Å². The van der Waals surface area contributed by atoms with Crippen LogP contribution in [0.25, 0.3) is 0 Å². The molecule has 1 aromatic carbocycles. The third-order valence-corrected chi connectivity index (χ3v) is 6.06. The molecule has 0 spiro atoms. The number of benzene rings is 1. The van der Waals surface area contributed by atoms with Crippen LogP contribution in [0.2, 0.25) is 0 Å². The van der Waals surface area contributed by atoms with Crippen molar-refractivity contribution >= 4 is 22.3 Å². The Hall–Kier alpha value is -2.45. The molecule has 2 amide bonds. The minimum absolute atomic E-state index is 0.132. The first-order chi connectivity index (χ1) is 12.4. The largest absolute Gasteiger partial charge is 0.343 e. The van der Waals surface area contributed by atoms with Gasteiger partial charge in [0.05, 0.1) is 4.90 Å². The van der Waals surface area contributed by atoms with E-state index in [1.807, 2.05) is 0 Å². The highest BCUT2D eigenvalue weighted by molar-refractivity contribution is 7.89. The molecule has 2 rings (SSSR count). The number of sulfonamides is 1. The molecule has 26 heavy (non-hydrogen) atoms. The van der Waals surface area contributed by atoms with Crippen molar-refractivity contribution in [2.75, 3.05) is 39.3 Å². The smallest absolute Gasteiger partial charge is 0.254 e. The summed E-state index contributed by atoms with van der Waals surface area (Å²) in [5.41, 5.74) is 0.401. The highest BCUT2D eigenvalue weighted by Crippen LogP contribution is 2.18. The van der Waals surface area contributed by atoms with E-state index in [2.05, 4.69) is 13.2 Å². The second-order valence-corrected chi connectivity index (χ2v) is 7.80. The van der Waals surface area contributed by atoms with E-state index in [4.69, 9.17) is 0 Å². The minimum Gasteiger partial charge on any atom is -0.343 e. The maximum absolute atomic E-state index is 12.7. The van der Waals surface area contributed by atoms with Crippen LogP contribution in [-0.4, -0.2) is 74.1 Å². The summed E-state index contributed by atoms with van der Waals surface area (Å²) in [6, 6.07) is 5.90. The van der Waals surface area contributed by atoms with Crippen LogP contribution in [0, 0.1) is 0 Å². The van der Waals surface area contributed by atoms with Crippen LogP contribution < -0.4 is 0 Å². The molecule has 0 aromatic heterocycles. The number of hydrogen-bond acceptors (Lipinski definition) is 4. The van der Waals surface area contributed by atoms with Gasteiger partial charge in [0.15, 0.2) is 0 Å². The maximum atomic E-state index is 12.7. The molecular formula is C18H23N3O4S. The fourth-order valence-corrected chi connectivity index (χ4v) is 4.12. The summed E-state index contributed by atoms with van der Waals surface area (Å²) < 4.78 is 26.8. The summed E-state index contributed by atoms with van der Waals surface area (Å²) in [6.07, 6.45) is 3.97. The van der Waals surface area contributed by atoms with Crippen LogP contribution >= 0.6 is 0 Å². The van der Waals surface area contributed by atoms with E-state index in [-0.39, 0.29) is 23.9 Å². The van der Waals surface area contributed by atoms with Crippen molar-refractivity contribution in [1.29, 1.82) is 0 Å². The second kappa shape index (κ2) is 8.77. The molecule has 8 heteroatoms. The summed E-state index contributed by atoms with van der Waals surface area (Å²) >= 11 is 0. The van der Waals surface area contributed by atoms with Gasteiger partial charge in [-0.15, -0.1) is 13.2 Å². The lowest BCUT2D eigenvalue weighted by molar-refractivity contribution is -0.119. The molecule has 1 fully saturated rings. The standard InChI is InChI=1S/C18H23N3O4S/c1-3-9-20(10-4-2)18(23)16-5-7-17(8-6-16)26(24,25)21-13-11-19(15-22)12-14-21/h3-8,15H,1-2,9-14H2. The average molecular weight is 377 g/mol. The fourth-order valence-electron chi connectivity index (χ4n) is 2.70. The number of amides is 2. The van der Waals surface area contributed by atoms with Gasteiger partial charge in [-0.2, -0.15) is 4.31 Å². The van der Waals surface area contributed by atoms with Gasteiger partial charge in [-0.05, 0) is 24.3 Å². The molecule has 0 radical (unpaired) electrons. The molecule has 140 valence electrons. The van der Waals surface area contributed by atoms with Crippen LogP contribution in [0.4, 0.5) is 0 Å². The predicted octanol–water partition coefficient (Wildman–Crippen LogP) is 0.964. The van der Waals surface area contributed by atoms with Gasteiger partial charge in [0.25, 0.3) is 5.91 Å². The molecule has 0 unspecified atom stereocenters. The van der Waals surface area contributed by atoms with Crippen LogP contribution in [0.15, 0.2) is 54.5 Å². The van der Waals surface area contributed by atoms with Crippen molar-refractivity contribution in [1.82, 2.24) is 14.1 Å². The van der Waals surface area contributed by atoms with E-state index in [0.717, 1.165) is 6.41 Å². The summed E-state index contributed by atoms with van der Waals surface area (Å²) in [6.45, 7) is 9.28. The van der Waals surface area contributed by atoms with Crippen molar-refractivity contribution < 1.29 is 18.0 Å². The quantitative estimate of drug-likeness (QED) is 0.499. The highest BCUT2D eigenvalue weighted by Gasteiger charge is 2.28. The van der Waals surface area contributed by atoms with Gasteiger partial charge in [-0.3, -0.25) is 9.59 Å². The third-order valence-electron chi connectivity index (χ3n) is 4.15. The normalized spacial score (nSPS) is 15.3. The molecule has 1 aliphatic rings. The molecule has 0 N–H and O–H groups in total. The van der Waals surface area contributed by atoms with Crippen molar-refractivity contribution in [2.24, 2.45) is 0 Å². The lowest BCUT2D eigenvalue weighted by Gasteiger charge is -2.31. The molecule has 1 saturated heterocycles. The Kier molecular flexibility index (Phi) is 6.70. The monoisotopic (exact) mass is 377 g/mol. The van der Waals surface area contributed by atoms with Gasteiger partial charge < -0.3 is 9.80 Å². The lowest BCUT2D eigenvalue weighted by atomic mass is 10.2. The molecule has 0 atom stereocenters. The Bertz CT molecular complexity index is 756. The number of carbonyl (C=O) groups is 2.